The summed E-state index contributed by atoms with van der Waals surface area (Å²) in [5, 5.41) is 7.99. The lowest BCUT2D eigenvalue weighted by Gasteiger charge is -2.24. The fourth-order valence-corrected chi connectivity index (χ4v) is 4.17. The molecular formula is C12H16BrF3N4S. The van der Waals surface area contributed by atoms with Crippen LogP contribution in [0.15, 0.2) is 5.38 Å². The minimum Gasteiger partial charge on any atom is -0.357 e. The molecule has 2 N–H and O–H groups in total. The Kier molecular flexibility index (Phi) is 4.45. The minimum absolute atomic E-state index is 0.161. The predicted molar refractivity (Wildman–Crippen MR) is 79.6 cm³/mol. The van der Waals surface area contributed by atoms with Crippen molar-refractivity contribution in [2.45, 2.75) is 42.6 Å². The van der Waals surface area contributed by atoms with Crippen LogP contribution in [0.25, 0.3) is 0 Å². The number of anilines is 1. The summed E-state index contributed by atoms with van der Waals surface area (Å²) in [7, 11) is 0. The molecule has 0 radical (unpaired) electrons. The van der Waals surface area contributed by atoms with Crippen molar-refractivity contribution in [1.82, 2.24) is 15.2 Å². The van der Waals surface area contributed by atoms with Crippen LogP contribution < -0.4 is 10.6 Å². The first-order valence-corrected chi connectivity index (χ1v) is 8.65. The molecule has 3 rings (SSSR count). The molecule has 118 valence electrons. The summed E-state index contributed by atoms with van der Waals surface area (Å²) in [6.45, 7) is 1.78. The minimum atomic E-state index is -4.36. The van der Waals surface area contributed by atoms with Crippen molar-refractivity contribution in [3.63, 3.8) is 0 Å². The first-order chi connectivity index (χ1) is 9.91. The highest BCUT2D eigenvalue weighted by atomic mass is 79.9. The number of alkyl halides is 4. The molecule has 0 saturated carbocycles. The largest absolute Gasteiger partial charge is 0.434 e. The summed E-state index contributed by atoms with van der Waals surface area (Å²) in [4.78, 5) is 6.33. The van der Waals surface area contributed by atoms with Gasteiger partial charge >= 0.3 is 6.18 Å². The zero-order chi connectivity index (χ0) is 15.0. The molecule has 3 atom stereocenters. The van der Waals surface area contributed by atoms with Gasteiger partial charge in [-0.3, -0.25) is 10.2 Å². The maximum Gasteiger partial charge on any atom is 0.434 e. The van der Waals surface area contributed by atoms with Crippen LogP contribution in [0, 0.1) is 0 Å². The Morgan fingerprint density at radius 2 is 2.19 bits per heavy atom. The second kappa shape index (κ2) is 6.02. The molecule has 4 nitrogen and oxygen atoms in total. The highest BCUT2D eigenvalue weighted by Gasteiger charge is 2.35. The van der Waals surface area contributed by atoms with Crippen LogP contribution in [0.4, 0.5) is 18.3 Å². The van der Waals surface area contributed by atoms with Gasteiger partial charge in [-0.25, -0.2) is 4.98 Å². The van der Waals surface area contributed by atoms with Crippen LogP contribution >= 0.6 is 27.3 Å². The van der Waals surface area contributed by atoms with Gasteiger partial charge in [-0.2, -0.15) is 13.2 Å². The molecule has 2 unspecified atom stereocenters. The lowest BCUT2D eigenvalue weighted by atomic mass is 10.3. The fraction of sp³-hybridized carbons (Fsp3) is 0.750. The van der Waals surface area contributed by atoms with E-state index in [1.807, 2.05) is 0 Å². The average molecular weight is 385 g/mol. The molecule has 3 heterocycles. The number of aromatic nitrogens is 1. The number of nitrogens with zero attached hydrogens (tertiary/aromatic N) is 2. The van der Waals surface area contributed by atoms with Crippen LogP contribution in [0.2, 0.25) is 0 Å². The summed E-state index contributed by atoms with van der Waals surface area (Å²) in [6.07, 6.45) is -0.884. The van der Waals surface area contributed by atoms with Gasteiger partial charge in [-0.15, -0.1) is 11.3 Å². The molecule has 2 aliphatic rings. The maximum atomic E-state index is 12.5. The third kappa shape index (κ3) is 3.69. The van der Waals surface area contributed by atoms with Gasteiger partial charge in [0.2, 0.25) is 0 Å². The monoisotopic (exact) mass is 384 g/mol. The molecule has 0 aliphatic carbocycles. The van der Waals surface area contributed by atoms with Gasteiger partial charge in [0.25, 0.3) is 0 Å². The molecular weight excluding hydrogens is 369 g/mol. The standard InChI is InChI=1S/C12H16BrF3N4S/c13-9-1-2-10(19-9)20-4-3-7(5-20)17-11-18-8(6-21-11)12(14,15)16/h6-7,9-10,19H,1-5H2,(H,17,18)/t7?,9?,10-/m0/s1. The second-order valence-corrected chi connectivity index (χ2v) is 7.35. The van der Waals surface area contributed by atoms with Crippen LogP contribution in [-0.4, -0.2) is 40.1 Å². The first-order valence-electron chi connectivity index (χ1n) is 6.85. The van der Waals surface area contributed by atoms with Gasteiger partial charge in [0, 0.05) is 24.5 Å². The summed E-state index contributed by atoms with van der Waals surface area (Å²) in [6, 6.07) is 0.161. The van der Waals surface area contributed by atoms with Gasteiger partial charge in [-0.05, 0) is 19.3 Å². The Morgan fingerprint density at radius 1 is 1.38 bits per heavy atom. The fourth-order valence-electron chi connectivity index (χ4n) is 2.80. The Hall–Kier alpha value is -0.380. The number of likely N-dealkylation sites (tertiary alicyclic amines) is 1. The molecule has 21 heavy (non-hydrogen) atoms. The van der Waals surface area contributed by atoms with Crippen molar-refractivity contribution in [2.24, 2.45) is 0 Å². The third-order valence-corrected chi connectivity index (χ3v) is 5.35. The van der Waals surface area contributed by atoms with E-state index in [9.17, 15) is 13.2 Å². The quantitative estimate of drug-likeness (QED) is 0.620. The van der Waals surface area contributed by atoms with E-state index in [2.05, 4.69) is 36.4 Å². The molecule has 2 aliphatic heterocycles. The maximum absolute atomic E-state index is 12.5. The molecule has 1 aromatic rings. The molecule has 0 bridgehead atoms. The van der Waals surface area contributed by atoms with Gasteiger partial charge in [0.15, 0.2) is 10.8 Å². The Bertz CT molecular complexity index is 495. The predicted octanol–water partition coefficient (Wildman–Crippen LogP) is 3.08. The third-order valence-electron chi connectivity index (χ3n) is 3.85. The average Bonchev–Trinajstić information content (AvgIpc) is 3.08. The van der Waals surface area contributed by atoms with Crippen molar-refractivity contribution in [3.05, 3.63) is 11.1 Å². The number of hydrogen-bond donors (Lipinski definition) is 2. The Labute approximate surface area is 133 Å². The van der Waals surface area contributed by atoms with Crippen LogP contribution in [-0.2, 0) is 6.18 Å². The number of rotatable bonds is 3. The van der Waals surface area contributed by atoms with E-state index < -0.39 is 11.9 Å². The van der Waals surface area contributed by atoms with E-state index in [0.717, 1.165) is 49.1 Å². The van der Waals surface area contributed by atoms with Crippen molar-refractivity contribution < 1.29 is 13.2 Å². The van der Waals surface area contributed by atoms with Gasteiger partial charge in [0.05, 0.1) is 11.1 Å². The number of nitrogens with one attached hydrogen (secondary N) is 2. The smallest absolute Gasteiger partial charge is 0.357 e. The van der Waals surface area contributed by atoms with E-state index in [1.165, 1.54) is 0 Å². The van der Waals surface area contributed by atoms with E-state index >= 15 is 0 Å². The molecule has 0 spiro atoms. The summed E-state index contributed by atoms with van der Waals surface area (Å²) < 4.78 is 37.5. The topological polar surface area (TPSA) is 40.2 Å². The van der Waals surface area contributed by atoms with Crippen LogP contribution in [0.1, 0.15) is 25.0 Å². The lowest BCUT2D eigenvalue weighted by Crippen LogP contribution is -2.42. The Morgan fingerprint density at radius 3 is 2.81 bits per heavy atom. The summed E-state index contributed by atoms with van der Waals surface area (Å²) >= 11 is 4.56. The van der Waals surface area contributed by atoms with Gasteiger partial charge in [0.1, 0.15) is 0 Å². The van der Waals surface area contributed by atoms with Crippen LogP contribution in [0.5, 0.6) is 0 Å². The van der Waals surface area contributed by atoms with Crippen LogP contribution in [0.3, 0.4) is 0 Å². The normalized spacial score (nSPS) is 31.0. The van der Waals surface area contributed by atoms with Gasteiger partial charge in [-0.1, -0.05) is 15.9 Å². The molecule has 0 amide bonds. The number of hydrogen-bond acceptors (Lipinski definition) is 5. The molecule has 9 heteroatoms. The second-order valence-electron chi connectivity index (χ2n) is 5.39. The highest BCUT2D eigenvalue weighted by molar-refractivity contribution is 9.09. The zero-order valence-electron chi connectivity index (χ0n) is 11.2. The zero-order valence-corrected chi connectivity index (χ0v) is 13.6. The lowest BCUT2D eigenvalue weighted by molar-refractivity contribution is -0.140. The van der Waals surface area contributed by atoms with Crippen molar-refractivity contribution in [3.8, 4) is 0 Å². The first kappa shape index (κ1) is 15.5. The summed E-state index contributed by atoms with van der Waals surface area (Å²) in [5.74, 6) is 0. The number of halogens is 4. The molecule has 2 saturated heterocycles. The SMILES string of the molecule is FC(F)(F)c1csc(NC2CCN([C@H]3CCC(Br)N3)C2)n1. The van der Waals surface area contributed by atoms with E-state index in [-0.39, 0.29) is 6.04 Å². The summed E-state index contributed by atoms with van der Waals surface area (Å²) in [5.41, 5.74) is -0.815. The van der Waals surface area contributed by atoms with E-state index in [4.69, 9.17) is 0 Å². The molecule has 1 aromatic heterocycles. The molecule has 2 fully saturated rings. The highest BCUT2D eigenvalue weighted by Crippen LogP contribution is 2.32. The van der Waals surface area contributed by atoms with Crippen molar-refractivity contribution >= 4 is 32.4 Å². The number of thiazole rings is 1. The molecule has 0 aromatic carbocycles. The van der Waals surface area contributed by atoms with Crippen molar-refractivity contribution in [1.29, 1.82) is 0 Å². The van der Waals surface area contributed by atoms with Gasteiger partial charge < -0.3 is 5.32 Å². The van der Waals surface area contributed by atoms with Crippen molar-refractivity contribution in [2.75, 3.05) is 18.4 Å². The van der Waals surface area contributed by atoms with E-state index in [1.54, 1.807) is 0 Å². The van der Waals surface area contributed by atoms with E-state index in [0.29, 0.717) is 16.2 Å². The Balaban J connectivity index is 1.54.